The fourth-order valence-corrected chi connectivity index (χ4v) is 1.12. The van der Waals surface area contributed by atoms with Gasteiger partial charge >= 0.3 is 0 Å². The second-order valence-electron chi connectivity index (χ2n) is 5.12. The van der Waals surface area contributed by atoms with E-state index in [1.807, 2.05) is 0 Å². The highest BCUT2D eigenvalue weighted by atomic mass is 19.2. The molecule has 0 aromatic heterocycles. The summed E-state index contributed by atoms with van der Waals surface area (Å²) in [6.45, 7) is 10.2. The Morgan fingerprint density at radius 1 is 0.818 bits per heavy atom. The molecular formula is C9H19FO. The van der Waals surface area contributed by atoms with Gasteiger partial charge in [0.05, 0.1) is 0 Å². The Balaban J connectivity index is 4.75. The molecule has 0 aliphatic heterocycles. The molecule has 2 heteroatoms. The highest BCUT2D eigenvalue weighted by molar-refractivity contribution is 4.90. The van der Waals surface area contributed by atoms with Crippen LogP contribution in [-0.2, 0) is 0 Å². The zero-order chi connectivity index (χ0) is 9.50. The van der Waals surface area contributed by atoms with Gasteiger partial charge in [-0.05, 0) is 0 Å². The van der Waals surface area contributed by atoms with Crippen molar-refractivity contribution in [3.63, 3.8) is 0 Å². The Morgan fingerprint density at radius 3 is 1.00 bits per heavy atom. The van der Waals surface area contributed by atoms with Crippen LogP contribution in [0.3, 0.4) is 0 Å². The van der Waals surface area contributed by atoms with Crippen LogP contribution in [-0.4, -0.2) is 11.0 Å². The number of alkyl halides is 1. The summed E-state index contributed by atoms with van der Waals surface area (Å²) < 4.78 is 13.7. The van der Waals surface area contributed by atoms with Crippen molar-refractivity contribution in [3.8, 4) is 0 Å². The van der Waals surface area contributed by atoms with Crippen LogP contribution in [0.5, 0.6) is 0 Å². The molecule has 0 atom stereocenters. The van der Waals surface area contributed by atoms with E-state index in [1.165, 1.54) is 0 Å². The van der Waals surface area contributed by atoms with E-state index in [9.17, 15) is 9.50 Å². The third kappa shape index (κ3) is 1.92. The topological polar surface area (TPSA) is 20.2 Å². The SMILES string of the molecule is CC(C)(C)C(O)(F)C(C)(C)C. The maximum Gasteiger partial charge on any atom is 0.216 e. The smallest absolute Gasteiger partial charge is 0.216 e. The minimum atomic E-state index is -2.13. The lowest BCUT2D eigenvalue weighted by Crippen LogP contribution is -2.49. The second-order valence-corrected chi connectivity index (χ2v) is 5.12. The molecule has 0 aromatic carbocycles. The quantitative estimate of drug-likeness (QED) is 0.580. The first-order chi connectivity index (χ1) is 4.50. The number of aliphatic hydroxyl groups is 1. The van der Waals surface area contributed by atoms with E-state index in [-0.39, 0.29) is 0 Å². The third-order valence-electron chi connectivity index (χ3n) is 1.99. The molecule has 1 nitrogen and oxygen atoms in total. The summed E-state index contributed by atoms with van der Waals surface area (Å²) in [7, 11) is 0. The molecule has 1 N–H and O–H groups in total. The van der Waals surface area contributed by atoms with Gasteiger partial charge in [-0.1, -0.05) is 41.5 Å². The van der Waals surface area contributed by atoms with Crippen LogP contribution >= 0.6 is 0 Å². The van der Waals surface area contributed by atoms with Gasteiger partial charge in [0.25, 0.3) is 0 Å². The minimum Gasteiger partial charge on any atom is -0.361 e. The number of halogens is 1. The maximum atomic E-state index is 13.7. The Hall–Kier alpha value is -0.110. The fraction of sp³-hybridized carbons (Fsp3) is 1.00. The van der Waals surface area contributed by atoms with Crippen LogP contribution in [0.25, 0.3) is 0 Å². The van der Waals surface area contributed by atoms with Crippen molar-refractivity contribution < 1.29 is 9.50 Å². The van der Waals surface area contributed by atoms with Crippen molar-refractivity contribution in [3.05, 3.63) is 0 Å². The molecule has 0 saturated heterocycles. The van der Waals surface area contributed by atoms with Gasteiger partial charge in [-0.25, -0.2) is 4.39 Å². The molecule has 68 valence electrons. The Kier molecular flexibility index (Phi) is 2.42. The van der Waals surface area contributed by atoms with E-state index in [1.54, 1.807) is 41.5 Å². The highest BCUT2D eigenvalue weighted by Gasteiger charge is 2.49. The van der Waals surface area contributed by atoms with E-state index in [0.717, 1.165) is 0 Å². The van der Waals surface area contributed by atoms with Crippen LogP contribution in [0.1, 0.15) is 41.5 Å². The summed E-state index contributed by atoms with van der Waals surface area (Å²) >= 11 is 0. The van der Waals surface area contributed by atoms with Gasteiger partial charge in [-0.3, -0.25) is 0 Å². The highest BCUT2D eigenvalue weighted by Crippen LogP contribution is 2.44. The van der Waals surface area contributed by atoms with Crippen LogP contribution in [0.2, 0.25) is 0 Å². The number of rotatable bonds is 0. The molecule has 0 amide bonds. The van der Waals surface area contributed by atoms with E-state index in [4.69, 9.17) is 0 Å². The number of hydrogen-bond acceptors (Lipinski definition) is 1. The zero-order valence-electron chi connectivity index (χ0n) is 8.33. The summed E-state index contributed by atoms with van der Waals surface area (Å²) in [5.74, 6) is -2.13. The van der Waals surface area contributed by atoms with Crippen molar-refractivity contribution in [2.75, 3.05) is 0 Å². The van der Waals surface area contributed by atoms with Crippen LogP contribution in [0.15, 0.2) is 0 Å². The van der Waals surface area contributed by atoms with E-state index >= 15 is 0 Å². The summed E-state index contributed by atoms with van der Waals surface area (Å²) in [6.07, 6.45) is 0. The molecule has 0 aliphatic rings. The lowest BCUT2D eigenvalue weighted by Gasteiger charge is -2.42. The molecule has 0 fully saturated rings. The largest absolute Gasteiger partial charge is 0.361 e. The second kappa shape index (κ2) is 2.44. The van der Waals surface area contributed by atoms with E-state index < -0.39 is 16.7 Å². The Morgan fingerprint density at radius 2 is 1.00 bits per heavy atom. The fourth-order valence-electron chi connectivity index (χ4n) is 1.12. The van der Waals surface area contributed by atoms with E-state index in [2.05, 4.69) is 0 Å². The average molecular weight is 162 g/mol. The summed E-state index contributed by atoms with van der Waals surface area (Å²) in [6, 6.07) is 0. The van der Waals surface area contributed by atoms with E-state index in [0.29, 0.717) is 0 Å². The van der Waals surface area contributed by atoms with Gasteiger partial charge in [0.1, 0.15) is 0 Å². The first kappa shape index (κ1) is 10.9. The minimum absolute atomic E-state index is 0.731. The van der Waals surface area contributed by atoms with Crippen molar-refractivity contribution in [2.45, 2.75) is 47.4 Å². The zero-order valence-corrected chi connectivity index (χ0v) is 8.33. The van der Waals surface area contributed by atoms with Crippen molar-refractivity contribution in [2.24, 2.45) is 10.8 Å². The lowest BCUT2D eigenvalue weighted by atomic mass is 9.72. The standard InChI is InChI=1S/C9H19FO/c1-7(2,3)9(10,11)8(4,5)6/h11H,1-6H3. The molecule has 0 bridgehead atoms. The van der Waals surface area contributed by atoms with Crippen LogP contribution < -0.4 is 0 Å². The van der Waals surface area contributed by atoms with Crippen molar-refractivity contribution in [1.29, 1.82) is 0 Å². The summed E-state index contributed by atoms with van der Waals surface area (Å²) in [5.41, 5.74) is -1.46. The van der Waals surface area contributed by atoms with Gasteiger partial charge in [0.15, 0.2) is 0 Å². The molecule has 0 rings (SSSR count). The molecule has 0 aromatic rings. The lowest BCUT2D eigenvalue weighted by molar-refractivity contribution is -0.232. The molecular weight excluding hydrogens is 143 g/mol. The summed E-state index contributed by atoms with van der Waals surface area (Å²) in [5, 5.41) is 9.52. The summed E-state index contributed by atoms with van der Waals surface area (Å²) in [4.78, 5) is 0. The molecule has 0 radical (unpaired) electrons. The van der Waals surface area contributed by atoms with Gasteiger partial charge < -0.3 is 5.11 Å². The van der Waals surface area contributed by atoms with Gasteiger partial charge in [0, 0.05) is 10.8 Å². The molecule has 0 saturated carbocycles. The average Bonchev–Trinajstić information content (AvgIpc) is 1.58. The van der Waals surface area contributed by atoms with Crippen molar-refractivity contribution >= 4 is 0 Å². The number of hydrogen-bond donors (Lipinski definition) is 1. The first-order valence-corrected chi connectivity index (χ1v) is 3.91. The Bertz CT molecular complexity index is 121. The predicted octanol–water partition coefficient (Wildman–Crippen LogP) is 2.74. The van der Waals surface area contributed by atoms with Crippen LogP contribution in [0.4, 0.5) is 4.39 Å². The molecule has 0 heterocycles. The van der Waals surface area contributed by atoms with Gasteiger partial charge in [-0.2, -0.15) is 0 Å². The Labute approximate surface area is 68.6 Å². The van der Waals surface area contributed by atoms with Crippen molar-refractivity contribution in [1.82, 2.24) is 0 Å². The molecule has 0 spiro atoms. The first-order valence-electron chi connectivity index (χ1n) is 3.91. The molecule has 0 aliphatic carbocycles. The predicted molar refractivity (Wildman–Crippen MR) is 45.0 cm³/mol. The van der Waals surface area contributed by atoms with Gasteiger partial charge in [0.2, 0.25) is 5.85 Å². The van der Waals surface area contributed by atoms with Crippen LogP contribution in [0, 0.1) is 10.8 Å². The normalized spacial score (nSPS) is 15.3. The third-order valence-corrected chi connectivity index (χ3v) is 1.99. The van der Waals surface area contributed by atoms with Gasteiger partial charge in [-0.15, -0.1) is 0 Å². The molecule has 0 unspecified atom stereocenters. The maximum absolute atomic E-state index is 13.7. The molecule has 11 heavy (non-hydrogen) atoms. The monoisotopic (exact) mass is 162 g/mol.